The highest BCUT2D eigenvalue weighted by Crippen LogP contribution is 2.04. The summed E-state index contributed by atoms with van der Waals surface area (Å²) >= 11 is 0. The standard InChI is InChI=1S/C12H10N4O2/c17-12(18)16-6-9-4-10-8(3-11(9)15-7-16)5-13-1-2-14-10/h1-5H,6-7H2,(H,17,18). The van der Waals surface area contributed by atoms with E-state index in [9.17, 15) is 4.79 Å². The van der Waals surface area contributed by atoms with Crippen LogP contribution in [0, 0.1) is 0 Å². The van der Waals surface area contributed by atoms with Crippen LogP contribution in [0.2, 0.25) is 0 Å². The molecule has 18 heavy (non-hydrogen) atoms. The van der Waals surface area contributed by atoms with Crippen LogP contribution in [-0.2, 0) is 6.54 Å². The molecule has 0 fully saturated rings. The highest BCUT2D eigenvalue weighted by molar-refractivity contribution is 5.80. The fourth-order valence-corrected chi connectivity index (χ4v) is 1.95. The van der Waals surface area contributed by atoms with Gasteiger partial charge in [0.15, 0.2) is 0 Å². The third-order valence-corrected chi connectivity index (χ3v) is 2.85. The van der Waals surface area contributed by atoms with E-state index in [-0.39, 0.29) is 6.67 Å². The number of carbonyl (C=O) groups is 1. The molecule has 0 saturated carbocycles. The molecule has 2 heterocycles. The maximum Gasteiger partial charge on any atom is 0.409 e. The van der Waals surface area contributed by atoms with Crippen LogP contribution >= 0.6 is 0 Å². The first-order chi connectivity index (χ1) is 8.74. The lowest BCUT2D eigenvalue weighted by Gasteiger charge is -2.21. The van der Waals surface area contributed by atoms with E-state index in [1.807, 2.05) is 12.1 Å². The number of benzene rings is 1. The Kier molecular flexibility index (Phi) is 2.40. The molecule has 0 spiro atoms. The SMILES string of the molecule is O=C(O)N1CN=c2cc3c(cc2C1)=NC=CN=C3. The van der Waals surface area contributed by atoms with Crippen molar-refractivity contribution < 1.29 is 9.90 Å². The number of aliphatic imine (C=N–C) groups is 1. The quantitative estimate of drug-likeness (QED) is 0.709. The molecule has 0 aliphatic carbocycles. The predicted octanol–water partition coefficient (Wildman–Crippen LogP) is 0.281. The van der Waals surface area contributed by atoms with Crippen molar-refractivity contribution in [2.24, 2.45) is 15.0 Å². The molecular formula is C12H10N4O2. The van der Waals surface area contributed by atoms with Gasteiger partial charge in [-0.2, -0.15) is 0 Å². The van der Waals surface area contributed by atoms with E-state index in [0.29, 0.717) is 6.54 Å². The Morgan fingerprint density at radius 1 is 1.28 bits per heavy atom. The molecule has 0 saturated heterocycles. The Morgan fingerprint density at radius 2 is 2.17 bits per heavy atom. The van der Waals surface area contributed by atoms with Crippen molar-refractivity contribution in [1.29, 1.82) is 0 Å². The number of nitrogens with zero attached hydrogens (tertiary/aromatic N) is 4. The molecule has 90 valence electrons. The maximum atomic E-state index is 10.9. The van der Waals surface area contributed by atoms with E-state index in [0.717, 1.165) is 21.8 Å². The first-order valence-electron chi connectivity index (χ1n) is 5.45. The van der Waals surface area contributed by atoms with Crippen molar-refractivity contribution in [3.05, 3.63) is 46.4 Å². The largest absolute Gasteiger partial charge is 0.465 e. The van der Waals surface area contributed by atoms with Crippen molar-refractivity contribution in [2.45, 2.75) is 6.54 Å². The Hall–Kier alpha value is -2.50. The Labute approximate surface area is 102 Å². The van der Waals surface area contributed by atoms with Crippen LogP contribution in [-0.4, -0.2) is 29.0 Å². The van der Waals surface area contributed by atoms with Crippen molar-refractivity contribution in [1.82, 2.24) is 4.90 Å². The second-order valence-electron chi connectivity index (χ2n) is 4.03. The average Bonchev–Trinajstić information content (AvgIpc) is 2.59. The van der Waals surface area contributed by atoms with Gasteiger partial charge in [0.25, 0.3) is 0 Å². The van der Waals surface area contributed by atoms with E-state index in [1.165, 1.54) is 4.90 Å². The molecule has 0 aromatic heterocycles. The van der Waals surface area contributed by atoms with Gasteiger partial charge in [-0.1, -0.05) is 0 Å². The highest BCUT2D eigenvalue weighted by Gasteiger charge is 2.17. The van der Waals surface area contributed by atoms with Gasteiger partial charge < -0.3 is 5.11 Å². The van der Waals surface area contributed by atoms with E-state index in [4.69, 9.17) is 5.11 Å². The second kappa shape index (κ2) is 4.06. The van der Waals surface area contributed by atoms with Gasteiger partial charge in [0.2, 0.25) is 0 Å². The predicted molar refractivity (Wildman–Crippen MR) is 63.9 cm³/mol. The second-order valence-corrected chi connectivity index (χ2v) is 4.03. The fraction of sp³-hybridized carbons (Fsp3) is 0.167. The van der Waals surface area contributed by atoms with Crippen LogP contribution in [0.1, 0.15) is 11.1 Å². The third-order valence-electron chi connectivity index (χ3n) is 2.85. The summed E-state index contributed by atoms with van der Waals surface area (Å²) in [6.45, 7) is 0.519. The van der Waals surface area contributed by atoms with Crippen molar-refractivity contribution in [3.63, 3.8) is 0 Å². The Balaban J connectivity index is 2.14. The van der Waals surface area contributed by atoms with Crippen molar-refractivity contribution in [2.75, 3.05) is 6.67 Å². The molecule has 0 radical (unpaired) electrons. The first kappa shape index (κ1) is 10.6. The summed E-state index contributed by atoms with van der Waals surface area (Å²) < 4.78 is 0. The van der Waals surface area contributed by atoms with Crippen LogP contribution in [0.4, 0.5) is 4.79 Å². The topological polar surface area (TPSA) is 77.6 Å². The maximum absolute atomic E-state index is 10.9. The van der Waals surface area contributed by atoms with Crippen molar-refractivity contribution in [3.8, 4) is 0 Å². The minimum Gasteiger partial charge on any atom is -0.465 e. The molecule has 2 aliphatic rings. The number of carboxylic acid groups (broad SMARTS) is 1. The lowest BCUT2D eigenvalue weighted by atomic mass is 10.1. The molecule has 0 bridgehead atoms. The van der Waals surface area contributed by atoms with Gasteiger partial charge in [0, 0.05) is 24.2 Å². The third kappa shape index (κ3) is 1.77. The number of amides is 1. The number of hydrogen-bond acceptors (Lipinski definition) is 4. The highest BCUT2D eigenvalue weighted by atomic mass is 16.4. The molecule has 1 amide bonds. The van der Waals surface area contributed by atoms with Gasteiger partial charge >= 0.3 is 6.09 Å². The molecule has 0 unspecified atom stereocenters. The minimum absolute atomic E-state index is 0.174. The average molecular weight is 242 g/mol. The van der Waals surface area contributed by atoms with Gasteiger partial charge in [0.1, 0.15) is 6.67 Å². The lowest BCUT2D eigenvalue weighted by molar-refractivity contribution is 0.141. The van der Waals surface area contributed by atoms with Crippen LogP contribution in [0.5, 0.6) is 0 Å². The smallest absolute Gasteiger partial charge is 0.409 e. The molecule has 1 aromatic rings. The Morgan fingerprint density at radius 3 is 3.00 bits per heavy atom. The zero-order valence-electron chi connectivity index (χ0n) is 9.45. The van der Waals surface area contributed by atoms with Gasteiger partial charge in [0.05, 0.1) is 17.3 Å². The summed E-state index contributed by atoms with van der Waals surface area (Å²) in [4.78, 5) is 24.7. The normalized spacial score (nSPS) is 16.1. The van der Waals surface area contributed by atoms with E-state index in [1.54, 1.807) is 18.6 Å². The number of hydrogen-bond donors (Lipinski definition) is 1. The monoisotopic (exact) mass is 242 g/mol. The molecular weight excluding hydrogens is 232 g/mol. The zero-order valence-corrected chi connectivity index (χ0v) is 9.45. The minimum atomic E-state index is -0.960. The van der Waals surface area contributed by atoms with E-state index < -0.39 is 6.09 Å². The summed E-state index contributed by atoms with van der Waals surface area (Å²) in [5.74, 6) is 0. The molecule has 2 aliphatic heterocycles. The van der Waals surface area contributed by atoms with Gasteiger partial charge in [-0.05, 0) is 17.7 Å². The Bertz CT molecular complexity index is 691. The first-order valence-corrected chi connectivity index (χ1v) is 5.45. The van der Waals surface area contributed by atoms with Crippen LogP contribution in [0.25, 0.3) is 0 Å². The summed E-state index contributed by atoms with van der Waals surface area (Å²) in [6, 6.07) is 3.76. The summed E-state index contributed by atoms with van der Waals surface area (Å²) in [6.07, 6.45) is 3.99. The van der Waals surface area contributed by atoms with Crippen LogP contribution in [0.3, 0.4) is 0 Å². The zero-order chi connectivity index (χ0) is 12.5. The van der Waals surface area contributed by atoms with Gasteiger partial charge in [-0.3, -0.25) is 19.9 Å². The summed E-state index contributed by atoms with van der Waals surface area (Å²) in [5, 5.41) is 10.6. The molecule has 6 heteroatoms. The summed E-state index contributed by atoms with van der Waals surface area (Å²) in [5.41, 5.74) is 1.76. The lowest BCUT2D eigenvalue weighted by Crippen LogP contribution is -2.37. The van der Waals surface area contributed by atoms with Gasteiger partial charge in [-0.15, -0.1) is 0 Å². The molecule has 0 atom stereocenters. The fourth-order valence-electron chi connectivity index (χ4n) is 1.95. The molecule has 6 nitrogen and oxygen atoms in total. The number of fused-ring (bicyclic) bond motifs is 2. The summed E-state index contributed by atoms with van der Waals surface area (Å²) in [7, 11) is 0. The van der Waals surface area contributed by atoms with E-state index >= 15 is 0 Å². The van der Waals surface area contributed by atoms with Crippen molar-refractivity contribution >= 4 is 12.3 Å². The number of rotatable bonds is 0. The molecule has 3 rings (SSSR count). The van der Waals surface area contributed by atoms with E-state index in [2.05, 4.69) is 15.0 Å². The van der Waals surface area contributed by atoms with Crippen LogP contribution in [0.15, 0.2) is 39.5 Å². The molecule has 1 N–H and O–H groups in total. The molecule has 1 aromatic carbocycles. The van der Waals surface area contributed by atoms with Crippen LogP contribution < -0.4 is 10.7 Å². The van der Waals surface area contributed by atoms with Gasteiger partial charge in [-0.25, -0.2) is 4.79 Å².